The minimum absolute atomic E-state index is 0.0615. The van der Waals surface area contributed by atoms with Crippen LogP contribution in [0.2, 0.25) is 0 Å². The van der Waals surface area contributed by atoms with Crippen LogP contribution in [0, 0.1) is 25.2 Å². The number of amides is 1. The van der Waals surface area contributed by atoms with E-state index in [9.17, 15) is 9.59 Å². The molecule has 2 heterocycles. The Bertz CT molecular complexity index is 784. The highest BCUT2D eigenvalue weighted by atomic mass is 16.1. The van der Waals surface area contributed by atoms with Crippen molar-refractivity contribution in [1.82, 2.24) is 19.9 Å². The van der Waals surface area contributed by atoms with E-state index in [0.29, 0.717) is 37.2 Å². The van der Waals surface area contributed by atoms with E-state index in [1.54, 1.807) is 26.4 Å². The second-order valence-electron chi connectivity index (χ2n) is 5.32. The summed E-state index contributed by atoms with van der Waals surface area (Å²) in [7, 11) is 0. The van der Waals surface area contributed by atoms with Crippen LogP contribution < -0.4 is 10.9 Å². The van der Waals surface area contributed by atoms with E-state index in [2.05, 4.69) is 15.3 Å². The van der Waals surface area contributed by atoms with Crippen LogP contribution in [-0.4, -0.2) is 27.0 Å². The van der Waals surface area contributed by atoms with E-state index in [-0.39, 0.29) is 17.0 Å². The van der Waals surface area contributed by atoms with Gasteiger partial charge in [-0.2, -0.15) is 5.26 Å². The number of aryl methyl sites for hydroxylation is 1. The van der Waals surface area contributed by atoms with Crippen molar-refractivity contribution in [2.24, 2.45) is 0 Å². The van der Waals surface area contributed by atoms with Gasteiger partial charge in [0.25, 0.3) is 5.56 Å². The largest absolute Gasteiger partial charge is 0.354 e. The molecule has 1 amide bonds. The fraction of sp³-hybridized carbons (Fsp3) is 0.375. The Labute approximate surface area is 134 Å². The average Bonchev–Trinajstić information content (AvgIpc) is 3.00. The van der Waals surface area contributed by atoms with Crippen molar-refractivity contribution in [3.8, 4) is 6.07 Å². The van der Waals surface area contributed by atoms with Gasteiger partial charge in [0.1, 0.15) is 11.6 Å². The second kappa shape index (κ2) is 7.40. The zero-order valence-electron chi connectivity index (χ0n) is 13.2. The molecule has 0 radical (unpaired) electrons. The van der Waals surface area contributed by atoms with Crippen molar-refractivity contribution >= 4 is 5.91 Å². The Morgan fingerprint density at radius 1 is 1.48 bits per heavy atom. The lowest BCUT2D eigenvalue weighted by atomic mass is 9.99. The first-order valence-corrected chi connectivity index (χ1v) is 7.37. The number of imidazole rings is 1. The first-order valence-electron chi connectivity index (χ1n) is 7.37. The quantitative estimate of drug-likeness (QED) is 0.823. The molecule has 0 unspecified atom stereocenters. The molecule has 0 saturated carbocycles. The maximum absolute atomic E-state index is 11.9. The fourth-order valence-electron chi connectivity index (χ4n) is 2.49. The van der Waals surface area contributed by atoms with Crippen LogP contribution in [0.4, 0.5) is 0 Å². The summed E-state index contributed by atoms with van der Waals surface area (Å²) in [4.78, 5) is 30.2. The van der Waals surface area contributed by atoms with Crippen LogP contribution in [-0.2, 0) is 17.8 Å². The molecule has 23 heavy (non-hydrogen) atoms. The van der Waals surface area contributed by atoms with Gasteiger partial charge in [-0.15, -0.1) is 0 Å². The van der Waals surface area contributed by atoms with Crippen LogP contribution in [0.3, 0.4) is 0 Å². The molecule has 0 aliphatic carbocycles. The first-order chi connectivity index (χ1) is 11.0. The summed E-state index contributed by atoms with van der Waals surface area (Å²) in [6.45, 7) is 4.72. The number of hydrogen-bond acceptors (Lipinski definition) is 4. The lowest BCUT2D eigenvalue weighted by Gasteiger charge is -2.11. The molecule has 0 fully saturated rings. The number of nitrogens with zero attached hydrogens (tertiary/aromatic N) is 3. The van der Waals surface area contributed by atoms with Gasteiger partial charge in [-0.05, 0) is 31.4 Å². The van der Waals surface area contributed by atoms with Crippen molar-refractivity contribution in [2.45, 2.75) is 33.2 Å². The monoisotopic (exact) mass is 313 g/mol. The molecule has 0 aliphatic heterocycles. The number of aromatic amines is 1. The minimum Gasteiger partial charge on any atom is -0.354 e. The number of nitrogens with one attached hydrogen (secondary N) is 2. The molecule has 2 aromatic heterocycles. The maximum Gasteiger partial charge on any atom is 0.266 e. The Hall–Kier alpha value is -2.88. The third-order valence-electron chi connectivity index (χ3n) is 3.77. The third kappa shape index (κ3) is 4.07. The molecule has 0 atom stereocenters. The second-order valence-corrected chi connectivity index (χ2v) is 5.32. The highest BCUT2D eigenvalue weighted by Crippen LogP contribution is 2.14. The summed E-state index contributed by atoms with van der Waals surface area (Å²) in [5.74, 6) is -0.0615. The number of rotatable bonds is 6. The molecular formula is C16H19N5O2. The fourth-order valence-corrected chi connectivity index (χ4v) is 2.49. The molecule has 0 aliphatic rings. The van der Waals surface area contributed by atoms with Gasteiger partial charge in [-0.25, -0.2) is 4.98 Å². The van der Waals surface area contributed by atoms with Crippen molar-refractivity contribution in [2.75, 3.05) is 6.54 Å². The third-order valence-corrected chi connectivity index (χ3v) is 3.77. The number of pyridine rings is 1. The zero-order valence-corrected chi connectivity index (χ0v) is 13.2. The number of hydrogen-bond donors (Lipinski definition) is 2. The molecule has 2 rings (SSSR count). The van der Waals surface area contributed by atoms with E-state index in [0.717, 1.165) is 5.56 Å². The molecule has 2 aromatic rings. The van der Waals surface area contributed by atoms with Crippen LogP contribution in [0.15, 0.2) is 23.5 Å². The standard InChI is InChI=1S/C16H19N5O2/c1-11-13(12(2)20-16(23)14(11)9-17)3-4-15(22)19-6-8-21-7-5-18-10-21/h5,7,10H,3-4,6,8H2,1-2H3,(H,19,22)(H,20,23). The molecule has 0 bridgehead atoms. The van der Waals surface area contributed by atoms with E-state index < -0.39 is 0 Å². The predicted octanol–water partition coefficient (Wildman–Crippen LogP) is 0.809. The van der Waals surface area contributed by atoms with Gasteiger partial charge in [-0.1, -0.05) is 0 Å². The van der Waals surface area contributed by atoms with Gasteiger partial charge in [0.15, 0.2) is 0 Å². The van der Waals surface area contributed by atoms with Gasteiger partial charge >= 0.3 is 0 Å². The van der Waals surface area contributed by atoms with Crippen molar-refractivity contribution < 1.29 is 4.79 Å². The maximum atomic E-state index is 11.9. The van der Waals surface area contributed by atoms with Gasteiger partial charge in [-0.3, -0.25) is 9.59 Å². The summed E-state index contributed by atoms with van der Waals surface area (Å²) < 4.78 is 1.88. The smallest absolute Gasteiger partial charge is 0.266 e. The van der Waals surface area contributed by atoms with Gasteiger partial charge in [0.2, 0.25) is 5.91 Å². The topological polar surface area (TPSA) is 104 Å². The predicted molar refractivity (Wildman–Crippen MR) is 84.8 cm³/mol. The first kappa shape index (κ1) is 16.5. The Kier molecular flexibility index (Phi) is 5.31. The molecule has 0 saturated heterocycles. The van der Waals surface area contributed by atoms with Gasteiger partial charge in [0, 0.05) is 37.6 Å². The summed E-state index contributed by atoms with van der Waals surface area (Å²) >= 11 is 0. The number of carbonyl (C=O) groups is 1. The van der Waals surface area contributed by atoms with E-state index >= 15 is 0 Å². The van der Waals surface area contributed by atoms with Crippen LogP contribution in [0.5, 0.6) is 0 Å². The lowest BCUT2D eigenvalue weighted by molar-refractivity contribution is -0.121. The van der Waals surface area contributed by atoms with Crippen LogP contribution in [0.25, 0.3) is 0 Å². The summed E-state index contributed by atoms with van der Waals surface area (Å²) in [5, 5.41) is 11.9. The number of H-pyrrole nitrogens is 1. The summed E-state index contributed by atoms with van der Waals surface area (Å²) in [6.07, 6.45) is 6.02. The molecule has 2 N–H and O–H groups in total. The van der Waals surface area contributed by atoms with E-state index in [4.69, 9.17) is 5.26 Å². The van der Waals surface area contributed by atoms with Crippen molar-refractivity contribution in [1.29, 1.82) is 5.26 Å². The SMILES string of the molecule is Cc1[nH]c(=O)c(C#N)c(C)c1CCC(=O)NCCn1ccnc1. The van der Waals surface area contributed by atoms with Crippen LogP contribution >= 0.6 is 0 Å². The van der Waals surface area contributed by atoms with Crippen LogP contribution in [0.1, 0.15) is 28.8 Å². The summed E-state index contributed by atoms with van der Waals surface area (Å²) in [6, 6.07) is 1.92. The molecular weight excluding hydrogens is 294 g/mol. The molecule has 7 nitrogen and oxygen atoms in total. The summed E-state index contributed by atoms with van der Waals surface area (Å²) in [5.41, 5.74) is 1.95. The Morgan fingerprint density at radius 3 is 2.91 bits per heavy atom. The number of aromatic nitrogens is 3. The normalized spacial score (nSPS) is 10.3. The highest BCUT2D eigenvalue weighted by Gasteiger charge is 2.13. The zero-order chi connectivity index (χ0) is 16.8. The van der Waals surface area contributed by atoms with Crippen molar-refractivity contribution in [3.63, 3.8) is 0 Å². The molecule has 7 heteroatoms. The number of nitriles is 1. The Morgan fingerprint density at radius 2 is 2.26 bits per heavy atom. The van der Waals surface area contributed by atoms with Gasteiger partial charge < -0.3 is 14.9 Å². The highest BCUT2D eigenvalue weighted by molar-refractivity contribution is 5.76. The molecule has 0 spiro atoms. The lowest BCUT2D eigenvalue weighted by Crippen LogP contribution is -2.27. The Balaban J connectivity index is 1.92. The molecule has 120 valence electrons. The van der Waals surface area contributed by atoms with E-state index in [1.807, 2.05) is 16.8 Å². The minimum atomic E-state index is -0.379. The molecule has 0 aromatic carbocycles. The van der Waals surface area contributed by atoms with E-state index in [1.165, 1.54) is 0 Å². The van der Waals surface area contributed by atoms with Gasteiger partial charge in [0.05, 0.1) is 6.33 Å². The van der Waals surface area contributed by atoms with Crippen molar-refractivity contribution in [3.05, 3.63) is 51.5 Å². The average molecular weight is 313 g/mol. The number of carbonyl (C=O) groups excluding carboxylic acids is 1.